The maximum absolute atomic E-state index is 12.9. The highest BCUT2D eigenvalue weighted by Gasteiger charge is 2.19. The summed E-state index contributed by atoms with van der Waals surface area (Å²) in [5.41, 5.74) is 0. The summed E-state index contributed by atoms with van der Waals surface area (Å²) in [5.74, 6) is -0.886. The number of carbonyl (C=O) groups is 3. The summed E-state index contributed by atoms with van der Waals surface area (Å²) < 4.78 is 16.9. The quantitative estimate of drug-likeness (QED) is 0.0261. The van der Waals surface area contributed by atoms with E-state index in [1.54, 1.807) is 0 Å². The topological polar surface area (TPSA) is 78.9 Å². The molecule has 0 amide bonds. The highest BCUT2D eigenvalue weighted by molar-refractivity contribution is 5.71. The molecule has 0 saturated heterocycles. The van der Waals surface area contributed by atoms with Gasteiger partial charge in [-0.15, -0.1) is 0 Å². The molecule has 0 fully saturated rings. The lowest BCUT2D eigenvalue weighted by Gasteiger charge is -2.18. The second kappa shape index (κ2) is 70.3. The smallest absolute Gasteiger partial charge is 0.306 e. The number of unbranched alkanes of at least 4 members (excludes halogenated alkanes) is 32. The molecule has 0 saturated carbocycles. The van der Waals surface area contributed by atoms with Crippen molar-refractivity contribution >= 4 is 17.9 Å². The molecule has 0 aromatic heterocycles. The van der Waals surface area contributed by atoms with Crippen molar-refractivity contribution in [1.82, 2.24) is 0 Å². The first-order valence-electron chi connectivity index (χ1n) is 35.0. The third-order valence-electron chi connectivity index (χ3n) is 15.0. The standard InChI is InChI=1S/C77H130O6/c1-4-7-10-13-16-19-22-24-26-28-30-32-34-35-36-37-38-39-40-41-43-44-46-48-50-52-55-58-61-64-67-70-76(79)82-73-74(72-81-75(78)69-66-63-60-57-54-21-18-15-12-9-6-3)83-77(80)71-68-65-62-59-56-53-51-49-47-45-42-33-31-29-27-25-23-20-17-14-11-8-5-2/h7,10,16,19,23-26,29-32,35-36,38-39,41-43,45,74H,4-6,8-9,11-15,17-18,20-22,27-28,33-34,37,40,44,46-73H2,1-3H3/b10-7-,19-16-,25-23-,26-24-,31-29-,32-30-,36-35-,39-38-,43-41-,45-42-. The molecule has 0 aromatic rings. The lowest BCUT2D eigenvalue weighted by Crippen LogP contribution is -2.30. The summed E-state index contributed by atoms with van der Waals surface area (Å²) in [6.45, 7) is 6.52. The molecule has 1 unspecified atom stereocenters. The molecule has 6 nitrogen and oxygen atoms in total. The van der Waals surface area contributed by atoms with E-state index < -0.39 is 6.10 Å². The van der Waals surface area contributed by atoms with Gasteiger partial charge in [-0.3, -0.25) is 14.4 Å². The third kappa shape index (κ3) is 68.5. The maximum Gasteiger partial charge on any atom is 0.306 e. The second-order valence-electron chi connectivity index (χ2n) is 23.1. The average Bonchev–Trinajstić information content (AvgIpc) is 3.48. The molecule has 0 aliphatic heterocycles. The van der Waals surface area contributed by atoms with Crippen LogP contribution in [0.25, 0.3) is 0 Å². The van der Waals surface area contributed by atoms with Gasteiger partial charge in [0, 0.05) is 19.3 Å². The van der Waals surface area contributed by atoms with Crippen LogP contribution in [0, 0.1) is 0 Å². The molecule has 1 atom stereocenters. The van der Waals surface area contributed by atoms with Gasteiger partial charge in [-0.1, -0.05) is 316 Å². The van der Waals surface area contributed by atoms with E-state index in [0.717, 1.165) is 128 Å². The first kappa shape index (κ1) is 78.8. The largest absolute Gasteiger partial charge is 0.462 e. The number of carbonyl (C=O) groups excluding carboxylic acids is 3. The molecule has 0 spiro atoms. The number of ether oxygens (including phenoxy) is 3. The van der Waals surface area contributed by atoms with E-state index in [9.17, 15) is 14.4 Å². The maximum atomic E-state index is 12.9. The normalized spacial score (nSPS) is 12.9. The minimum atomic E-state index is -0.787. The van der Waals surface area contributed by atoms with E-state index in [2.05, 4.69) is 142 Å². The Morgan fingerprint density at radius 3 is 0.735 bits per heavy atom. The van der Waals surface area contributed by atoms with Gasteiger partial charge < -0.3 is 14.2 Å². The zero-order valence-electron chi connectivity index (χ0n) is 54.4. The predicted molar refractivity (Wildman–Crippen MR) is 362 cm³/mol. The number of hydrogen-bond donors (Lipinski definition) is 0. The van der Waals surface area contributed by atoms with Crippen LogP contribution in [0.3, 0.4) is 0 Å². The zero-order chi connectivity index (χ0) is 59.9. The molecule has 0 radical (unpaired) electrons. The van der Waals surface area contributed by atoms with Crippen LogP contribution in [0.2, 0.25) is 0 Å². The first-order valence-corrected chi connectivity index (χ1v) is 35.0. The van der Waals surface area contributed by atoms with Crippen molar-refractivity contribution in [2.24, 2.45) is 0 Å². The van der Waals surface area contributed by atoms with Crippen LogP contribution in [0.4, 0.5) is 0 Å². The van der Waals surface area contributed by atoms with Gasteiger partial charge in [-0.25, -0.2) is 0 Å². The SMILES string of the molecule is CC/C=C\C/C=C\C/C=C\C/C=C\C/C=C\C/C=C\C/C=C\CCCCCCCCCCCC(=O)OCC(COC(=O)CCCCCCCCCCCCC)OC(=O)CCCCCCCCCC/C=C\C/C=C\C/C=C\CCCCCCC. The van der Waals surface area contributed by atoms with Gasteiger partial charge in [-0.2, -0.15) is 0 Å². The number of esters is 3. The van der Waals surface area contributed by atoms with Gasteiger partial charge in [0.1, 0.15) is 13.2 Å². The molecule has 0 bridgehead atoms. The molecule has 83 heavy (non-hydrogen) atoms. The minimum Gasteiger partial charge on any atom is -0.462 e. The summed E-state index contributed by atoms with van der Waals surface area (Å²) in [6, 6.07) is 0. The lowest BCUT2D eigenvalue weighted by molar-refractivity contribution is -0.167. The fourth-order valence-corrected chi connectivity index (χ4v) is 9.73. The summed E-state index contributed by atoms with van der Waals surface area (Å²) in [7, 11) is 0. The van der Waals surface area contributed by atoms with Crippen LogP contribution in [0.5, 0.6) is 0 Å². The molecular weight excluding hydrogens is 1020 g/mol. The van der Waals surface area contributed by atoms with Crippen LogP contribution in [-0.2, 0) is 28.6 Å². The molecule has 0 aliphatic carbocycles. The summed E-state index contributed by atoms with van der Waals surface area (Å²) in [6.07, 6.45) is 97.9. The number of hydrogen-bond acceptors (Lipinski definition) is 6. The van der Waals surface area contributed by atoms with Crippen molar-refractivity contribution in [1.29, 1.82) is 0 Å². The van der Waals surface area contributed by atoms with Crippen LogP contribution in [-0.4, -0.2) is 37.2 Å². The Labute approximate surface area is 513 Å². The van der Waals surface area contributed by atoms with Crippen LogP contribution in [0.15, 0.2) is 122 Å². The Morgan fingerprint density at radius 1 is 0.253 bits per heavy atom. The number of rotatable bonds is 63. The zero-order valence-corrected chi connectivity index (χ0v) is 54.4. The average molecular weight is 1150 g/mol. The van der Waals surface area contributed by atoms with Crippen molar-refractivity contribution in [3.63, 3.8) is 0 Å². The molecule has 0 rings (SSSR count). The van der Waals surface area contributed by atoms with Crippen LogP contribution >= 0.6 is 0 Å². The van der Waals surface area contributed by atoms with Gasteiger partial charge in [-0.05, 0) is 116 Å². The summed E-state index contributed by atoms with van der Waals surface area (Å²) in [5, 5.41) is 0. The van der Waals surface area contributed by atoms with E-state index in [1.165, 1.54) is 161 Å². The Hall–Kier alpha value is -4.19. The van der Waals surface area contributed by atoms with Gasteiger partial charge >= 0.3 is 17.9 Å². The first-order chi connectivity index (χ1) is 41.0. The molecule has 0 heterocycles. The number of allylic oxidation sites excluding steroid dienone is 20. The second-order valence-corrected chi connectivity index (χ2v) is 23.1. The fraction of sp³-hybridized carbons (Fsp3) is 0.701. The van der Waals surface area contributed by atoms with E-state index >= 15 is 0 Å². The molecule has 0 aliphatic rings. The molecular formula is C77H130O6. The lowest BCUT2D eigenvalue weighted by atomic mass is 10.1. The summed E-state index contributed by atoms with van der Waals surface area (Å²) in [4.78, 5) is 38.4. The van der Waals surface area contributed by atoms with Crippen molar-refractivity contribution < 1.29 is 28.6 Å². The van der Waals surface area contributed by atoms with Crippen LogP contribution in [0.1, 0.15) is 329 Å². The molecule has 0 N–H and O–H groups in total. The van der Waals surface area contributed by atoms with E-state index in [4.69, 9.17) is 14.2 Å². The Balaban J connectivity index is 4.28. The van der Waals surface area contributed by atoms with Gasteiger partial charge in [0.25, 0.3) is 0 Å². The van der Waals surface area contributed by atoms with Crippen molar-refractivity contribution in [2.75, 3.05) is 13.2 Å². The van der Waals surface area contributed by atoms with Crippen molar-refractivity contribution in [2.45, 2.75) is 335 Å². The molecule has 474 valence electrons. The van der Waals surface area contributed by atoms with Crippen molar-refractivity contribution in [3.8, 4) is 0 Å². The Kier molecular flexibility index (Phi) is 66.7. The summed E-state index contributed by atoms with van der Waals surface area (Å²) >= 11 is 0. The highest BCUT2D eigenvalue weighted by atomic mass is 16.6. The minimum absolute atomic E-state index is 0.0816. The van der Waals surface area contributed by atoms with Gasteiger partial charge in [0.2, 0.25) is 0 Å². The third-order valence-corrected chi connectivity index (χ3v) is 15.0. The van der Waals surface area contributed by atoms with Gasteiger partial charge in [0.15, 0.2) is 6.10 Å². The molecule has 0 aromatic carbocycles. The Bertz CT molecular complexity index is 1700. The predicted octanol–water partition coefficient (Wildman–Crippen LogP) is 24.3. The van der Waals surface area contributed by atoms with E-state index in [-0.39, 0.29) is 31.1 Å². The van der Waals surface area contributed by atoms with E-state index in [1.807, 2.05) is 0 Å². The molecule has 6 heteroatoms. The van der Waals surface area contributed by atoms with Crippen molar-refractivity contribution in [3.05, 3.63) is 122 Å². The fourth-order valence-electron chi connectivity index (χ4n) is 9.73. The monoisotopic (exact) mass is 1150 g/mol. The van der Waals surface area contributed by atoms with Crippen LogP contribution < -0.4 is 0 Å². The van der Waals surface area contributed by atoms with E-state index in [0.29, 0.717) is 19.3 Å². The van der Waals surface area contributed by atoms with Gasteiger partial charge in [0.05, 0.1) is 0 Å². The highest BCUT2D eigenvalue weighted by Crippen LogP contribution is 2.16. The Morgan fingerprint density at radius 2 is 0.470 bits per heavy atom.